The number of aliphatic hydroxyl groups is 2. The smallest absolute Gasteiger partial charge is 0.388 e. The van der Waals surface area contributed by atoms with Gasteiger partial charge in [0.15, 0.2) is 0 Å². The molecule has 0 bridgehead atoms. The Kier molecular flexibility index (Phi) is 4.32. The summed E-state index contributed by atoms with van der Waals surface area (Å²) in [7, 11) is 0. The quantitative estimate of drug-likeness (QED) is 0.839. The van der Waals surface area contributed by atoms with Gasteiger partial charge in [0, 0.05) is 0 Å². The van der Waals surface area contributed by atoms with E-state index >= 15 is 0 Å². The zero-order valence-corrected chi connectivity index (χ0v) is 8.48. The summed E-state index contributed by atoms with van der Waals surface area (Å²) in [6.45, 7) is 0. The number of alkyl halides is 3. The van der Waals surface area contributed by atoms with Crippen molar-refractivity contribution in [2.24, 2.45) is 0 Å². The van der Waals surface area contributed by atoms with Crippen molar-refractivity contribution in [3.8, 4) is 0 Å². The molecule has 16 heavy (non-hydrogen) atoms. The third-order valence-electron chi connectivity index (χ3n) is 2.28. The summed E-state index contributed by atoms with van der Waals surface area (Å²) in [5.74, 6) is 0. The normalized spacial score (nSPS) is 15.8. The maximum absolute atomic E-state index is 12.0. The van der Waals surface area contributed by atoms with Crippen molar-refractivity contribution in [1.82, 2.24) is 0 Å². The van der Waals surface area contributed by atoms with E-state index in [1.165, 1.54) is 0 Å². The van der Waals surface area contributed by atoms with Crippen LogP contribution in [0.1, 0.15) is 24.5 Å². The number of hydrogen-bond donors (Lipinski definition) is 2. The Balaban J connectivity index is 2.45. The minimum atomic E-state index is -4.61. The highest BCUT2D eigenvalue weighted by Gasteiger charge is 2.37. The molecule has 0 heterocycles. The van der Waals surface area contributed by atoms with Crippen molar-refractivity contribution < 1.29 is 23.4 Å². The van der Waals surface area contributed by atoms with E-state index in [0.717, 1.165) is 0 Å². The van der Waals surface area contributed by atoms with Crippen LogP contribution in [-0.4, -0.2) is 22.5 Å². The summed E-state index contributed by atoms with van der Waals surface area (Å²) in [5.41, 5.74) is 0.553. The van der Waals surface area contributed by atoms with Gasteiger partial charge in [0.05, 0.1) is 6.10 Å². The number of rotatable bonds is 4. The van der Waals surface area contributed by atoms with E-state index in [4.69, 9.17) is 5.11 Å². The number of hydrogen-bond acceptors (Lipinski definition) is 2. The van der Waals surface area contributed by atoms with Gasteiger partial charge < -0.3 is 10.2 Å². The van der Waals surface area contributed by atoms with Gasteiger partial charge in [-0.05, 0) is 18.4 Å². The van der Waals surface area contributed by atoms with Gasteiger partial charge in [-0.1, -0.05) is 30.3 Å². The fraction of sp³-hybridized carbons (Fsp3) is 0.455. The fourth-order valence-corrected chi connectivity index (χ4v) is 1.32. The maximum atomic E-state index is 12.0. The lowest BCUT2D eigenvalue weighted by Crippen LogP contribution is -2.28. The van der Waals surface area contributed by atoms with E-state index in [1.54, 1.807) is 30.3 Å². The summed E-state index contributed by atoms with van der Waals surface area (Å²) in [6, 6.07) is 8.40. The zero-order valence-electron chi connectivity index (χ0n) is 8.48. The van der Waals surface area contributed by atoms with Crippen LogP contribution in [0.25, 0.3) is 0 Å². The van der Waals surface area contributed by atoms with E-state index < -0.39 is 24.8 Å². The van der Waals surface area contributed by atoms with Crippen molar-refractivity contribution in [3.63, 3.8) is 0 Å². The van der Waals surface area contributed by atoms with Gasteiger partial charge in [0.25, 0.3) is 0 Å². The molecule has 1 aromatic carbocycles. The van der Waals surface area contributed by atoms with Crippen LogP contribution in [0, 0.1) is 0 Å². The second kappa shape index (κ2) is 5.32. The molecule has 5 heteroatoms. The van der Waals surface area contributed by atoms with Crippen LogP contribution in [0.4, 0.5) is 13.2 Å². The first-order valence-corrected chi connectivity index (χ1v) is 4.89. The topological polar surface area (TPSA) is 40.5 Å². The molecule has 2 unspecified atom stereocenters. The number of halogens is 3. The van der Waals surface area contributed by atoms with Crippen LogP contribution < -0.4 is 0 Å². The molecule has 1 rings (SSSR count). The largest absolute Gasteiger partial charge is 0.414 e. The Hall–Kier alpha value is -1.07. The molecule has 0 fully saturated rings. The third kappa shape index (κ3) is 3.83. The predicted octanol–water partition coefficient (Wildman–Crippen LogP) is 2.42. The minimum Gasteiger partial charge on any atom is -0.388 e. The number of benzene rings is 1. The first-order valence-electron chi connectivity index (χ1n) is 4.89. The van der Waals surface area contributed by atoms with E-state index in [1.807, 2.05) is 0 Å². The van der Waals surface area contributed by atoms with Crippen LogP contribution in [0.5, 0.6) is 0 Å². The van der Waals surface area contributed by atoms with Gasteiger partial charge in [-0.3, -0.25) is 0 Å². The van der Waals surface area contributed by atoms with Crippen molar-refractivity contribution in [3.05, 3.63) is 35.9 Å². The molecule has 2 N–H and O–H groups in total. The Bertz CT molecular complexity index is 311. The lowest BCUT2D eigenvalue weighted by Gasteiger charge is -2.16. The summed E-state index contributed by atoms with van der Waals surface area (Å²) in [6.07, 6.45) is -8.58. The second-order valence-corrected chi connectivity index (χ2v) is 3.56. The average Bonchev–Trinajstić information content (AvgIpc) is 2.25. The van der Waals surface area contributed by atoms with Gasteiger partial charge in [-0.15, -0.1) is 0 Å². The van der Waals surface area contributed by atoms with Gasteiger partial charge in [0.2, 0.25) is 0 Å². The first kappa shape index (κ1) is 13.0. The van der Waals surface area contributed by atoms with Crippen LogP contribution in [-0.2, 0) is 0 Å². The van der Waals surface area contributed by atoms with Crippen molar-refractivity contribution in [1.29, 1.82) is 0 Å². The minimum absolute atomic E-state index is 0.120. The molecule has 0 aliphatic carbocycles. The highest BCUT2D eigenvalue weighted by Crippen LogP contribution is 2.26. The lowest BCUT2D eigenvalue weighted by atomic mass is 10.0. The van der Waals surface area contributed by atoms with Crippen molar-refractivity contribution >= 4 is 0 Å². The second-order valence-electron chi connectivity index (χ2n) is 3.56. The Morgan fingerprint density at radius 3 is 2.06 bits per heavy atom. The Morgan fingerprint density at radius 2 is 1.56 bits per heavy atom. The van der Waals surface area contributed by atoms with Crippen LogP contribution in [0.3, 0.4) is 0 Å². The molecule has 2 nitrogen and oxygen atoms in total. The SMILES string of the molecule is OC(CCC(O)C(F)(F)F)c1ccccc1. The standard InChI is InChI=1S/C11H13F3O2/c12-11(13,14)10(16)7-6-9(15)8-4-2-1-3-5-8/h1-5,9-10,15-16H,6-7H2. The molecular weight excluding hydrogens is 221 g/mol. The molecule has 0 radical (unpaired) electrons. The summed E-state index contributed by atoms with van der Waals surface area (Å²) in [4.78, 5) is 0. The molecule has 0 aliphatic rings. The van der Waals surface area contributed by atoms with Gasteiger partial charge >= 0.3 is 6.18 Å². The van der Waals surface area contributed by atoms with Crippen molar-refractivity contribution in [2.75, 3.05) is 0 Å². The average molecular weight is 234 g/mol. The fourth-order valence-electron chi connectivity index (χ4n) is 1.32. The highest BCUT2D eigenvalue weighted by molar-refractivity contribution is 5.17. The molecule has 0 aliphatic heterocycles. The Labute approximate surface area is 91.3 Å². The summed E-state index contributed by atoms with van der Waals surface area (Å²) < 4.78 is 35.9. The van der Waals surface area contributed by atoms with Crippen LogP contribution in [0.2, 0.25) is 0 Å². The highest BCUT2D eigenvalue weighted by atomic mass is 19.4. The van der Waals surface area contributed by atoms with Gasteiger partial charge in [0.1, 0.15) is 6.10 Å². The zero-order chi connectivity index (χ0) is 12.2. The molecule has 0 amide bonds. The molecule has 2 atom stereocenters. The molecule has 0 saturated heterocycles. The third-order valence-corrected chi connectivity index (χ3v) is 2.28. The first-order chi connectivity index (χ1) is 7.41. The molecule has 0 aromatic heterocycles. The van der Waals surface area contributed by atoms with E-state index in [9.17, 15) is 18.3 Å². The van der Waals surface area contributed by atoms with Crippen LogP contribution in [0.15, 0.2) is 30.3 Å². The number of aliphatic hydroxyl groups excluding tert-OH is 2. The van der Waals surface area contributed by atoms with Crippen LogP contribution >= 0.6 is 0 Å². The maximum Gasteiger partial charge on any atom is 0.414 e. The molecule has 0 saturated carbocycles. The van der Waals surface area contributed by atoms with Gasteiger partial charge in [-0.2, -0.15) is 13.2 Å². The lowest BCUT2D eigenvalue weighted by molar-refractivity contribution is -0.206. The van der Waals surface area contributed by atoms with Gasteiger partial charge in [-0.25, -0.2) is 0 Å². The molecule has 1 aromatic rings. The Morgan fingerprint density at radius 1 is 1.00 bits per heavy atom. The van der Waals surface area contributed by atoms with E-state index in [-0.39, 0.29) is 6.42 Å². The molecule has 90 valence electrons. The monoisotopic (exact) mass is 234 g/mol. The summed E-state index contributed by atoms with van der Waals surface area (Å²) in [5, 5.41) is 18.3. The molecule has 0 spiro atoms. The van der Waals surface area contributed by atoms with E-state index in [2.05, 4.69) is 0 Å². The summed E-state index contributed by atoms with van der Waals surface area (Å²) >= 11 is 0. The molecular formula is C11H13F3O2. The predicted molar refractivity (Wildman–Crippen MR) is 52.7 cm³/mol. The van der Waals surface area contributed by atoms with E-state index in [0.29, 0.717) is 5.56 Å². The van der Waals surface area contributed by atoms with Crippen molar-refractivity contribution in [2.45, 2.75) is 31.2 Å².